The number of benzene rings is 1. The van der Waals surface area contributed by atoms with Crippen LogP contribution >= 0.6 is 0 Å². The molecule has 0 spiro atoms. The van der Waals surface area contributed by atoms with E-state index in [2.05, 4.69) is 0 Å². The summed E-state index contributed by atoms with van der Waals surface area (Å²) in [6.45, 7) is 1.05. The highest BCUT2D eigenvalue weighted by Gasteiger charge is 2.14. The third-order valence-corrected chi connectivity index (χ3v) is 3.81. The molecule has 1 aromatic rings. The molecule has 0 radical (unpaired) electrons. The Hall–Kier alpha value is -1.11. The first-order valence-electron chi connectivity index (χ1n) is 6.08. The molecular weight excluding hydrogens is 264 g/mol. The Balaban J connectivity index is 2.61. The minimum Gasteiger partial charge on any atom is -0.496 e. The van der Waals surface area contributed by atoms with Gasteiger partial charge in [0.05, 0.1) is 12.9 Å². The average molecular weight is 286 g/mol. The van der Waals surface area contributed by atoms with Crippen molar-refractivity contribution in [2.24, 2.45) is 5.73 Å². The van der Waals surface area contributed by atoms with E-state index in [-0.39, 0.29) is 11.8 Å². The molecule has 0 aliphatic heterocycles. The summed E-state index contributed by atoms with van der Waals surface area (Å²) in [7, 11) is 0.532. The molecule has 6 heteroatoms. The highest BCUT2D eigenvalue weighted by molar-refractivity contribution is 7.90. The van der Waals surface area contributed by atoms with Gasteiger partial charge in [0.1, 0.15) is 15.6 Å². The molecule has 1 unspecified atom stereocenters. The van der Waals surface area contributed by atoms with Crippen LogP contribution in [0.15, 0.2) is 24.3 Å². The number of para-hydroxylation sites is 1. The molecule has 0 heterocycles. The van der Waals surface area contributed by atoms with Gasteiger partial charge in [-0.3, -0.25) is 0 Å². The second kappa shape index (κ2) is 6.88. The first-order chi connectivity index (χ1) is 8.83. The second-order valence-corrected chi connectivity index (χ2v) is 7.00. The molecule has 108 valence electrons. The molecule has 0 saturated carbocycles. The molecule has 0 amide bonds. The topological polar surface area (TPSA) is 72.6 Å². The van der Waals surface area contributed by atoms with Crippen LogP contribution in [0, 0.1) is 0 Å². The lowest BCUT2D eigenvalue weighted by molar-refractivity contribution is 0.323. The molecule has 1 aromatic carbocycles. The van der Waals surface area contributed by atoms with Crippen LogP contribution < -0.4 is 10.5 Å². The minimum atomic E-state index is -2.94. The summed E-state index contributed by atoms with van der Waals surface area (Å²) in [5, 5.41) is 0. The van der Waals surface area contributed by atoms with Crippen LogP contribution in [0.3, 0.4) is 0 Å². The van der Waals surface area contributed by atoms with Gasteiger partial charge in [-0.1, -0.05) is 18.2 Å². The van der Waals surface area contributed by atoms with Crippen LogP contribution in [-0.4, -0.2) is 52.6 Å². The van der Waals surface area contributed by atoms with E-state index in [0.717, 1.165) is 11.3 Å². The molecule has 0 aliphatic carbocycles. The molecule has 19 heavy (non-hydrogen) atoms. The van der Waals surface area contributed by atoms with Gasteiger partial charge >= 0.3 is 0 Å². The number of hydrogen-bond donors (Lipinski definition) is 1. The SMILES string of the molecule is COc1ccccc1C(N)CN(C)CCS(C)(=O)=O. The Kier molecular flexibility index (Phi) is 5.78. The van der Waals surface area contributed by atoms with E-state index in [1.165, 1.54) is 6.26 Å². The van der Waals surface area contributed by atoms with Gasteiger partial charge in [-0.05, 0) is 13.1 Å². The van der Waals surface area contributed by atoms with E-state index in [9.17, 15) is 8.42 Å². The Morgan fingerprint density at radius 3 is 2.58 bits per heavy atom. The van der Waals surface area contributed by atoms with Crippen molar-refractivity contribution in [2.45, 2.75) is 6.04 Å². The van der Waals surface area contributed by atoms with E-state index in [0.29, 0.717) is 13.1 Å². The molecule has 0 bridgehead atoms. The lowest BCUT2D eigenvalue weighted by Gasteiger charge is -2.22. The monoisotopic (exact) mass is 286 g/mol. The fraction of sp³-hybridized carbons (Fsp3) is 0.538. The van der Waals surface area contributed by atoms with Crippen LogP contribution in [0.1, 0.15) is 11.6 Å². The van der Waals surface area contributed by atoms with Crippen molar-refractivity contribution in [3.05, 3.63) is 29.8 Å². The van der Waals surface area contributed by atoms with Crippen molar-refractivity contribution in [2.75, 3.05) is 39.3 Å². The first kappa shape index (κ1) is 15.9. The second-order valence-electron chi connectivity index (χ2n) is 4.74. The van der Waals surface area contributed by atoms with Crippen molar-refractivity contribution in [3.8, 4) is 5.75 Å². The third-order valence-electron chi connectivity index (χ3n) is 2.89. The Morgan fingerprint density at radius 1 is 1.37 bits per heavy atom. The standard InChI is InChI=1S/C13H22N2O3S/c1-15(8-9-19(3,16)17)10-12(14)11-6-4-5-7-13(11)18-2/h4-7,12H,8-10,14H2,1-3H3. The maximum Gasteiger partial charge on any atom is 0.148 e. The molecule has 1 atom stereocenters. The summed E-state index contributed by atoms with van der Waals surface area (Å²) in [6.07, 6.45) is 1.24. The van der Waals surface area contributed by atoms with Crippen molar-refractivity contribution in [1.29, 1.82) is 0 Å². The maximum absolute atomic E-state index is 11.1. The normalized spacial score (nSPS) is 13.5. The lowest BCUT2D eigenvalue weighted by atomic mass is 10.1. The fourth-order valence-corrected chi connectivity index (χ4v) is 2.46. The number of likely N-dealkylation sites (N-methyl/N-ethyl adjacent to an activating group) is 1. The van der Waals surface area contributed by atoms with Gasteiger partial charge in [0.15, 0.2) is 0 Å². The minimum absolute atomic E-state index is 0.141. The summed E-state index contributed by atoms with van der Waals surface area (Å²) >= 11 is 0. The Labute approximate surface area is 115 Å². The quantitative estimate of drug-likeness (QED) is 0.797. The summed E-state index contributed by atoms with van der Waals surface area (Å²) in [5.74, 6) is 0.897. The number of rotatable bonds is 7. The van der Waals surface area contributed by atoms with E-state index in [1.54, 1.807) is 7.11 Å². The summed E-state index contributed by atoms with van der Waals surface area (Å²) in [4.78, 5) is 1.91. The smallest absolute Gasteiger partial charge is 0.148 e. The van der Waals surface area contributed by atoms with Crippen LogP contribution in [0.5, 0.6) is 5.75 Å². The molecule has 0 fully saturated rings. The van der Waals surface area contributed by atoms with E-state index >= 15 is 0 Å². The van der Waals surface area contributed by atoms with Gasteiger partial charge < -0.3 is 15.4 Å². The van der Waals surface area contributed by atoms with Gasteiger partial charge in [-0.15, -0.1) is 0 Å². The van der Waals surface area contributed by atoms with Gasteiger partial charge in [0.25, 0.3) is 0 Å². The lowest BCUT2D eigenvalue weighted by Crippen LogP contribution is -2.32. The Morgan fingerprint density at radius 2 is 2.00 bits per heavy atom. The third kappa shape index (κ3) is 5.59. The summed E-state index contributed by atoms with van der Waals surface area (Å²) in [6, 6.07) is 7.39. The van der Waals surface area contributed by atoms with Gasteiger partial charge in [-0.2, -0.15) is 0 Å². The summed E-state index contributed by atoms with van der Waals surface area (Å²) < 4.78 is 27.5. The summed E-state index contributed by atoms with van der Waals surface area (Å²) in [5.41, 5.74) is 7.07. The molecule has 0 aromatic heterocycles. The van der Waals surface area contributed by atoms with Crippen molar-refractivity contribution in [1.82, 2.24) is 4.90 Å². The van der Waals surface area contributed by atoms with Crippen molar-refractivity contribution in [3.63, 3.8) is 0 Å². The highest BCUT2D eigenvalue weighted by Crippen LogP contribution is 2.23. The van der Waals surface area contributed by atoms with Gasteiger partial charge in [0, 0.05) is 31.0 Å². The predicted molar refractivity (Wildman–Crippen MR) is 77.1 cm³/mol. The van der Waals surface area contributed by atoms with E-state index < -0.39 is 9.84 Å². The van der Waals surface area contributed by atoms with Crippen LogP contribution in [0.25, 0.3) is 0 Å². The number of hydrogen-bond acceptors (Lipinski definition) is 5. The molecular formula is C13H22N2O3S. The largest absolute Gasteiger partial charge is 0.496 e. The number of sulfone groups is 1. The van der Waals surface area contributed by atoms with Gasteiger partial charge in [0.2, 0.25) is 0 Å². The highest BCUT2D eigenvalue weighted by atomic mass is 32.2. The van der Waals surface area contributed by atoms with E-state index in [4.69, 9.17) is 10.5 Å². The molecule has 0 saturated heterocycles. The van der Waals surface area contributed by atoms with Crippen LogP contribution in [0.4, 0.5) is 0 Å². The first-order valence-corrected chi connectivity index (χ1v) is 8.14. The maximum atomic E-state index is 11.1. The van der Waals surface area contributed by atoms with Crippen molar-refractivity contribution < 1.29 is 13.2 Å². The molecule has 2 N–H and O–H groups in total. The average Bonchev–Trinajstić information content (AvgIpc) is 2.35. The predicted octanol–water partition coefficient (Wildman–Crippen LogP) is 0.671. The zero-order valence-electron chi connectivity index (χ0n) is 11.7. The molecule has 5 nitrogen and oxygen atoms in total. The van der Waals surface area contributed by atoms with Crippen LogP contribution in [0.2, 0.25) is 0 Å². The number of nitrogens with zero attached hydrogens (tertiary/aromatic N) is 1. The number of ether oxygens (including phenoxy) is 1. The fourth-order valence-electron chi connectivity index (χ4n) is 1.82. The van der Waals surface area contributed by atoms with Crippen molar-refractivity contribution >= 4 is 9.84 Å². The zero-order chi connectivity index (χ0) is 14.5. The molecule has 0 aliphatic rings. The van der Waals surface area contributed by atoms with E-state index in [1.807, 2.05) is 36.2 Å². The Bertz CT molecular complexity index is 502. The number of nitrogens with two attached hydrogens (primary N) is 1. The zero-order valence-corrected chi connectivity index (χ0v) is 12.5. The molecule has 1 rings (SSSR count). The van der Waals surface area contributed by atoms with Gasteiger partial charge in [-0.25, -0.2) is 8.42 Å². The number of methoxy groups -OCH3 is 1. The van der Waals surface area contributed by atoms with Crippen LogP contribution in [-0.2, 0) is 9.84 Å².